The van der Waals surface area contributed by atoms with Crippen LogP contribution in [0, 0.1) is 0 Å². The molecule has 1 aromatic heterocycles. The normalized spacial score (nSPS) is 21.7. The van der Waals surface area contributed by atoms with E-state index in [-0.39, 0.29) is 12.3 Å². The molecule has 0 atom stereocenters. The second kappa shape index (κ2) is 5.89. The van der Waals surface area contributed by atoms with Crippen LogP contribution in [0.1, 0.15) is 54.2 Å². The van der Waals surface area contributed by atoms with Crippen LogP contribution in [0.15, 0.2) is 0 Å². The lowest BCUT2D eigenvalue weighted by atomic mass is 9.84. The molecule has 0 radical (unpaired) electrons. The monoisotopic (exact) mass is 365 g/mol. The zero-order valence-corrected chi connectivity index (χ0v) is 16.6. The number of rotatable bonds is 1. The molecule has 0 bridgehead atoms. The van der Waals surface area contributed by atoms with Crippen LogP contribution in [0.2, 0.25) is 0 Å². The van der Waals surface area contributed by atoms with E-state index in [0.717, 1.165) is 0 Å². The maximum Gasteiger partial charge on any atom is 0.520 e. The molecular formula is C17H28BN3O5. The van der Waals surface area contributed by atoms with Gasteiger partial charge in [-0.05, 0) is 48.5 Å². The van der Waals surface area contributed by atoms with Crippen molar-refractivity contribution < 1.29 is 23.9 Å². The summed E-state index contributed by atoms with van der Waals surface area (Å²) in [6, 6.07) is 0. The smallest absolute Gasteiger partial charge is 0.505 e. The van der Waals surface area contributed by atoms with E-state index in [2.05, 4.69) is 5.10 Å². The highest BCUT2D eigenvalue weighted by atomic mass is 16.7. The van der Waals surface area contributed by atoms with Crippen molar-refractivity contribution >= 4 is 18.8 Å². The van der Waals surface area contributed by atoms with Crippen molar-refractivity contribution in [3.8, 4) is 5.75 Å². The Morgan fingerprint density at radius 3 is 2.31 bits per heavy atom. The molecule has 2 aliphatic heterocycles. The van der Waals surface area contributed by atoms with Crippen LogP contribution in [0.5, 0.6) is 5.75 Å². The molecule has 26 heavy (non-hydrogen) atoms. The van der Waals surface area contributed by atoms with E-state index in [1.165, 1.54) is 0 Å². The van der Waals surface area contributed by atoms with Crippen LogP contribution in [0.25, 0.3) is 0 Å². The molecule has 1 fully saturated rings. The van der Waals surface area contributed by atoms with Gasteiger partial charge in [-0.2, -0.15) is 5.10 Å². The predicted octanol–water partition coefficient (Wildman–Crippen LogP) is 1.64. The summed E-state index contributed by atoms with van der Waals surface area (Å²) in [6.45, 7) is 14.4. The predicted molar refractivity (Wildman–Crippen MR) is 96.3 cm³/mol. The minimum absolute atomic E-state index is 0.0109. The number of nitrogens with zero attached hydrogens (tertiary/aromatic N) is 3. The first-order valence-corrected chi connectivity index (χ1v) is 8.93. The van der Waals surface area contributed by atoms with Crippen LogP contribution in [-0.4, -0.2) is 56.3 Å². The average molecular weight is 365 g/mol. The van der Waals surface area contributed by atoms with Crippen LogP contribution in [-0.2, 0) is 27.1 Å². The molecule has 144 valence electrons. The molecule has 1 N–H and O–H groups in total. The highest BCUT2D eigenvalue weighted by Crippen LogP contribution is 2.37. The van der Waals surface area contributed by atoms with Crippen molar-refractivity contribution in [2.24, 2.45) is 0 Å². The van der Waals surface area contributed by atoms with E-state index in [1.807, 2.05) is 48.5 Å². The van der Waals surface area contributed by atoms with Gasteiger partial charge in [0.2, 0.25) is 0 Å². The van der Waals surface area contributed by atoms with E-state index in [4.69, 9.17) is 14.0 Å². The molecule has 3 rings (SSSR count). The van der Waals surface area contributed by atoms with Crippen LogP contribution >= 0.6 is 0 Å². The fourth-order valence-electron chi connectivity index (χ4n) is 2.92. The Kier molecular flexibility index (Phi) is 4.31. The van der Waals surface area contributed by atoms with Crippen molar-refractivity contribution in [3.63, 3.8) is 0 Å². The maximum atomic E-state index is 12.3. The maximum absolute atomic E-state index is 12.3. The minimum Gasteiger partial charge on any atom is -0.505 e. The van der Waals surface area contributed by atoms with Crippen LogP contribution in [0.3, 0.4) is 0 Å². The van der Waals surface area contributed by atoms with Crippen LogP contribution < -0.4 is 5.59 Å². The Bertz CT molecular complexity index is 707. The summed E-state index contributed by atoms with van der Waals surface area (Å²) in [4.78, 5) is 13.9. The summed E-state index contributed by atoms with van der Waals surface area (Å²) >= 11 is 0. The van der Waals surface area contributed by atoms with E-state index in [1.54, 1.807) is 9.58 Å². The summed E-state index contributed by atoms with van der Waals surface area (Å²) in [5.41, 5.74) is -0.686. The number of aromatic nitrogens is 2. The van der Waals surface area contributed by atoms with Gasteiger partial charge in [-0.15, -0.1) is 0 Å². The Labute approximate surface area is 154 Å². The first-order valence-electron chi connectivity index (χ1n) is 8.93. The first-order chi connectivity index (χ1) is 11.8. The number of carbonyl (C=O) groups is 1. The molecule has 9 heteroatoms. The SMILES string of the molecule is CC(C)(C)OC(=O)N1CCn2nc(B3OC(C)(C)C(C)(C)O3)c(O)c2C1. The largest absolute Gasteiger partial charge is 0.520 e. The second-order valence-electron chi connectivity index (χ2n) is 8.89. The molecule has 0 aliphatic carbocycles. The van der Waals surface area contributed by atoms with Crippen molar-refractivity contribution in [2.75, 3.05) is 6.54 Å². The molecule has 2 aliphatic rings. The summed E-state index contributed by atoms with van der Waals surface area (Å²) in [6.07, 6.45) is -0.401. The summed E-state index contributed by atoms with van der Waals surface area (Å²) < 4.78 is 19.1. The van der Waals surface area contributed by atoms with Crippen molar-refractivity contribution in [1.29, 1.82) is 0 Å². The van der Waals surface area contributed by atoms with Crippen molar-refractivity contribution in [1.82, 2.24) is 14.7 Å². The van der Waals surface area contributed by atoms with Gasteiger partial charge >= 0.3 is 13.2 Å². The fourth-order valence-corrected chi connectivity index (χ4v) is 2.92. The minimum atomic E-state index is -0.743. The highest BCUT2D eigenvalue weighted by Gasteiger charge is 2.54. The summed E-state index contributed by atoms with van der Waals surface area (Å²) in [7, 11) is -0.743. The third-order valence-corrected chi connectivity index (χ3v) is 5.11. The second-order valence-corrected chi connectivity index (χ2v) is 8.89. The number of hydrogen-bond donors (Lipinski definition) is 1. The third kappa shape index (κ3) is 3.30. The molecule has 8 nitrogen and oxygen atoms in total. The summed E-state index contributed by atoms with van der Waals surface area (Å²) in [5.74, 6) is 0.0109. The van der Waals surface area contributed by atoms with Gasteiger partial charge in [-0.1, -0.05) is 0 Å². The molecule has 1 saturated heterocycles. The first kappa shape index (κ1) is 19.0. The Morgan fingerprint density at radius 1 is 1.19 bits per heavy atom. The molecule has 0 spiro atoms. The van der Waals surface area contributed by atoms with Gasteiger partial charge in [0.15, 0.2) is 5.75 Å². The van der Waals surface area contributed by atoms with E-state index in [9.17, 15) is 9.90 Å². The van der Waals surface area contributed by atoms with Gasteiger partial charge in [-0.25, -0.2) is 4.79 Å². The van der Waals surface area contributed by atoms with E-state index in [0.29, 0.717) is 24.4 Å². The molecule has 1 amide bonds. The number of amides is 1. The van der Waals surface area contributed by atoms with Gasteiger partial charge in [0.05, 0.1) is 30.0 Å². The Morgan fingerprint density at radius 2 is 1.77 bits per heavy atom. The number of aromatic hydroxyl groups is 1. The Hall–Kier alpha value is -1.74. The van der Waals surface area contributed by atoms with E-state index >= 15 is 0 Å². The van der Waals surface area contributed by atoms with E-state index < -0.39 is 30.0 Å². The lowest BCUT2D eigenvalue weighted by Gasteiger charge is -2.32. The average Bonchev–Trinajstić information content (AvgIpc) is 2.91. The Balaban J connectivity index is 1.81. The quantitative estimate of drug-likeness (QED) is 0.762. The van der Waals surface area contributed by atoms with Gasteiger partial charge in [-0.3, -0.25) is 4.68 Å². The van der Waals surface area contributed by atoms with Crippen molar-refractivity contribution in [2.45, 2.75) is 78.4 Å². The zero-order valence-electron chi connectivity index (χ0n) is 16.6. The molecule has 0 saturated carbocycles. The fraction of sp³-hybridized carbons (Fsp3) is 0.765. The lowest BCUT2D eigenvalue weighted by molar-refractivity contribution is 0.00578. The van der Waals surface area contributed by atoms with Crippen molar-refractivity contribution in [3.05, 3.63) is 5.69 Å². The number of carbonyl (C=O) groups excluding carboxylic acids is 1. The third-order valence-electron chi connectivity index (χ3n) is 5.11. The highest BCUT2D eigenvalue weighted by molar-refractivity contribution is 6.62. The van der Waals surface area contributed by atoms with Gasteiger partial charge in [0.25, 0.3) is 0 Å². The lowest BCUT2D eigenvalue weighted by Crippen LogP contribution is -2.41. The molecule has 0 aromatic carbocycles. The standard InChI is InChI=1S/C17H28BN3O5/c1-15(2,3)24-14(23)20-8-9-21-11(10-20)12(22)13(19-21)18-25-16(4,5)17(6,7)26-18/h22H,8-10H2,1-7H3. The molecule has 0 unspecified atom stereocenters. The van der Waals surface area contributed by atoms with Crippen LogP contribution in [0.4, 0.5) is 4.79 Å². The molecule has 1 aromatic rings. The topological polar surface area (TPSA) is 86.1 Å². The number of hydrogen-bond acceptors (Lipinski definition) is 6. The summed E-state index contributed by atoms with van der Waals surface area (Å²) in [5, 5.41) is 15.2. The molecule has 3 heterocycles. The zero-order chi connectivity index (χ0) is 19.5. The van der Waals surface area contributed by atoms with Gasteiger partial charge < -0.3 is 24.1 Å². The number of ether oxygens (including phenoxy) is 1. The van der Waals surface area contributed by atoms with Gasteiger partial charge in [0.1, 0.15) is 11.2 Å². The van der Waals surface area contributed by atoms with Gasteiger partial charge in [0, 0.05) is 6.54 Å². The number of fused-ring (bicyclic) bond motifs is 1. The molecular weight excluding hydrogens is 337 g/mol.